The normalized spacial score (nSPS) is 10.3. The first-order chi connectivity index (χ1) is 8.77. The van der Waals surface area contributed by atoms with Gasteiger partial charge in [0.15, 0.2) is 0 Å². The first-order valence-electron chi connectivity index (χ1n) is 7.05. The first kappa shape index (κ1) is 16.7. The molecule has 0 aromatic rings. The fraction of sp³-hybridized carbons (Fsp3) is 0.625. The van der Waals surface area contributed by atoms with E-state index in [2.05, 4.69) is 18.7 Å². The molecule has 0 amide bonds. The van der Waals surface area contributed by atoms with Gasteiger partial charge in [-0.25, -0.2) is 0 Å². The summed E-state index contributed by atoms with van der Waals surface area (Å²) in [6, 6.07) is 0. The Morgan fingerprint density at radius 1 is 1.11 bits per heavy atom. The van der Waals surface area contributed by atoms with E-state index < -0.39 is 5.97 Å². The lowest BCUT2D eigenvalue weighted by molar-refractivity contribution is -0.135. The summed E-state index contributed by atoms with van der Waals surface area (Å²) in [6.45, 7) is 2.24. The second kappa shape index (κ2) is 13.8. The molecule has 0 heterocycles. The molecule has 0 saturated heterocycles. The summed E-state index contributed by atoms with van der Waals surface area (Å²) in [5.41, 5.74) is 2.82. The van der Waals surface area contributed by atoms with Crippen LogP contribution in [0.1, 0.15) is 64.7 Å². The minimum absolute atomic E-state index is 0.0437. The van der Waals surface area contributed by atoms with Crippen LogP contribution in [-0.2, 0) is 4.79 Å². The summed E-state index contributed by atoms with van der Waals surface area (Å²) in [5, 5.41) is 8.39. The fourth-order valence-electron chi connectivity index (χ4n) is 1.65. The molecule has 0 radical (unpaired) electrons. The smallest absolute Gasteiger partial charge is 0.307 e. The van der Waals surface area contributed by atoms with E-state index >= 15 is 0 Å². The Morgan fingerprint density at radius 2 is 1.78 bits per heavy atom. The lowest BCUT2D eigenvalue weighted by Gasteiger charge is -1.98. The van der Waals surface area contributed by atoms with E-state index in [4.69, 9.17) is 5.11 Å². The number of rotatable bonds is 11. The molecule has 2 nitrogen and oxygen atoms in total. The third kappa shape index (κ3) is 14.7. The van der Waals surface area contributed by atoms with Gasteiger partial charge in [0.25, 0.3) is 0 Å². The van der Waals surface area contributed by atoms with E-state index in [0.717, 1.165) is 6.42 Å². The molecule has 18 heavy (non-hydrogen) atoms. The van der Waals surface area contributed by atoms with Gasteiger partial charge in [0.05, 0.1) is 6.42 Å². The summed E-state index contributed by atoms with van der Waals surface area (Å²) in [7, 11) is 0. The first-order valence-corrected chi connectivity index (χ1v) is 7.05. The average Bonchev–Trinajstić information content (AvgIpc) is 2.34. The van der Waals surface area contributed by atoms with Crippen LogP contribution in [0.4, 0.5) is 0 Å². The molecule has 0 bridgehead atoms. The summed E-state index contributed by atoms with van der Waals surface area (Å²) in [4.78, 5) is 10.2. The minimum atomic E-state index is -0.817. The highest BCUT2D eigenvalue weighted by Gasteiger charge is 1.89. The van der Waals surface area contributed by atoms with Crippen LogP contribution < -0.4 is 0 Å². The van der Waals surface area contributed by atoms with E-state index in [0.29, 0.717) is 0 Å². The van der Waals surface area contributed by atoms with Crippen LogP contribution in [0.2, 0.25) is 0 Å². The standard InChI is InChI=1S/C16H26O2/c1-2-3-4-5-6-7-8-9-10-11-12-13-14-15-16(17)18/h10-12,14H,2-9,15H2,1H3,(H,17,18)/b11-10+. The van der Waals surface area contributed by atoms with Gasteiger partial charge >= 0.3 is 5.97 Å². The average molecular weight is 250 g/mol. The molecule has 0 aliphatic rings. The van der Waals surface area contributed by atoms with E-state index in [1.54, 1.807) is 6.08 Å². The molecule has 0 aromatic heterocycles. The molecule has 2 heteroatoms. The zero-order valence-electron chi connectivity index (χ0n) is 11.5. The molecule has 102 valence electrons. The van der Waals surface area contributed by atoms with Crippen LogP contribution in [-0.4, -0.2) is 11.1 Å². The minimum Gasteiger partial charge on any atom is -0.481 e. The molecular weight excluding hydrogens is 224 g/mol. The highest BCUT2D eigenvalue weighted by Crippen LogP contribution is 2.08. The molecule has 0 rings (SSSR count). The summed E-state index contributed by atoms with van der Waals surface area (Å²) < 4.78 is 0. The van der Waals surface area contributed by atoms with Crippen molar-refractivity contribution < 1.29 is 9.90 Å². The number of carboxylic acids is 1. The van der Waals surface area contributed by atoms with Crippen molar-refractivity contribution in [3.63, 3.8) is 0 Å². The van der Waals surface area contributed by atoms with Crippen molar-refractivity contribution in [2.24, 2.45) is 0 Å². The van der Waals surface area contributed by atoms with Gasteiger partial charge in [-0.3, -0.25) is 4.79 Å². The van der Waals surface area contributed by atoms with Gasteiger partial charge < -0.3 is 5.11 Å². The van der Waals surface area contributed by atoms with Gasteiger partial charge in [0, 0.05) is 0 Å². The molecule has 0 atom stereocenters. The Hall–Kier alpha value is -1.27. The second-order valence-electron chi connectivity index (χ2n) is 4.47. The molecular formula is C16H26O2. The largest absolute Gasteiger partial charge is 0.481 e. The fourth-order valence-corrected chi connectivity index (χ4v) is 1.65. The van der Waals surface area contributed by atoms with Gasteiger partial charge in [0.2, 0.25) is 0 Å². The number of carbonyl (C=O) groups is 1. The van der Waals surface area contributed by atoms with Crippen molar-refractivity contribution in [3.05, 3.63) is 30.0 Å². The van der Waals surface area contributed by atoms with Gasteiger partial charge in [-0.1, -0.05) is 57.6 Å². The Labute approximate surface area is 111 Å². The van der Waals surface area contributed by atoms with Crippen molar-refractivity contribution in [2.45, 2.75) is 64.7 Å². The summed E-state index contributed by atoms with van der Waals surface area (Å²) in [6.07, 6.45) is 17.8. The SMILES string of the molecule is CCCCCCCCC/C=C/C=C=CCC(=O)O. The van der Waals surface area contributed by atoms with Crippen LogP contribution in [0.15, 0.2) is 30.0 Å². The van der Waals surface area contributed by atoms with Crippen molar-refractivity contribution >= 4 is 5.97 Å². The number of carboxylic acid groups (broad SMARTS) is 1. The lowest BCUT2D eigenvalue weighted by atomic mass is 10.1. The predicted molar refractivity (Wildman–Crippen MR) is 76.7 cm³/mol. The van der Waals surface area contributed by atoms with Crippen molar-refractivity contribution in [2.75, 3.05) is 0 Å². The maximum absolute atomic E-state index is 10.2. The van der Waals surface area contributed by atoms with E-state index in [1.165, 1.54) is 51.0 Å². The third-order valence-electron chi connectivity index (χ3n) is 2.70. The molecule has 1 N–H and O–H groups in total. The summed E-state index contributed by atoms with van der Waals surface area (Å²) >= 11 is 0. The molecule has 0 unspecified atom stereocenters. The number of hydrogen-bond donors (Lipinski definition) is 1. The molecule has 0 spiro atoms. The molecule has 0 fully saturated rings. The molecule has 0 aliphatic carbocycles. The van der Waals surface area contributed by atoms with Crippen molar-refractivity contribution in [1.82, 2.24) is 0 Å². The molecule has 0 aliphatic heterocycles. The predicted octanol–water partition coefficient (Wildman–Crippen LogP) is 4.87. The number of allylic oxidation sites excluding steroid dienone is 2. The van der Waals surface area contributed by atoms with E-state index in [-0.39, 0.29) is 6.42 Å². The van der Waals surface area contributed by atoms with Gasteiger partial charge in [-0.05, 0) is 25.0 Å². The quantitative estimate of drug-likeness (QED) is 0.323. The Morgan fingerprint density at radius 3 is 2.44 bits per heavy atom. The lowest BCUT2D eigenvalue weighted by Crippen LogP contribution is -1.88. The van der Waals surface area contributed by atoms with Crippen LogP contribution in [0.25, 0.3) is 0 Å². The second-order valence-corrected chi connectivity index (χ2v) is 4.47. The molecule has 0 aromatic carbocycles. The topological polar surface area (TPSA) is 37.3 Å². The zero-order valence-corrected chi connectivity index (χ0v) is 11.5. The van der Waals surface area contributed by atoms with E-state index in [1.807, 2.05) is 6.08 Å². The highest BCUT2D eigenvalue weighted by atomic mass is 16.4. The van der Waals surface area contributed by atoms with Crippen LogP contribution in [0.5, 0.6) is 0 Å². The van der Waals surface area contributed by atoms with Gasteiger partial charge in [0.1, 0.15) is 0 Å². The maximum Gasteiger partial charge on any atom is 0.307 e. The van der Waals surface area contributed by atoms with Crippen LogP contribution >= 0.6 is 0 Å². The van der Waals surface area contributed by atoms with Crippen LogP contribution in [0, 0.1) is 0 Å². The maximum atomic E-state index is 10.2. The third-order valence-corrected chi connectivity index (χ3v) is 2.70. The Balaban J connectivity index is 3.32. The van der Waals surface area contributed by atoms with Gasteiger partial charge in [-0.2, -0.15) is 0 Å². The molecule has 0 saturated carbocycles. The highest BCUT2D eigenvalue weighted by molar-refractivity contribution is 5.68. The van der Waals surface area contributed by atoms with Crippen LogP contribution in [0.3, 0.4) is 0 Å². The number of hydrogen-bond acceptors (Lipinski definition) is 1. The summed E-state index contributed by atoms with van der Waals surface area (Å²) in [5.74, 6) is -0.817. The number of unbranched alkanes of at least 4 members (excludes halogenated alkanes) is 7. The van der Waals surface area contributed by atoms with Gasteiger partial charge in [-0.15, -0.1) is 5.73 Å². The zero-order chi connectivity index (χ0) is 13.5. The Bertz CT molecular complexity index is 283. The number of aliphatic carboxylic acids is 1. The van der Waals surface area contributed by atoms with Crippen molar-refractivity contribution in [3.8, 4) is 0 Å². The monoisotopic (exact) mass is 250 g/mol. The Kier molecular flexibility index (Phi) is 12.8. The van der Waals surface area contributed by atoms with E-state index in [9.17, 15) is 4.79 Å². The van der Waals surface area contributed by atoms with Crippen molar-refractivity contribution in [1.29, 1.82) is 0 Å².